The van der Waals surface area contributed by atoms with Crippen molar-refractivity contribution in [2.75, 3.05) is 26.2 Å². The van der Waals surface area contributed by atoms with Gasteiger partial charge in [0.05, 0.1) is 0 Å². The van der Waals surface area contributed by atoms with Crippen LogP contribution in [-0.4, -0.2) is 37.0 Å². The zero-order valence-corrected chi connectivity index (χ0v) is 10.6. The second-order valence-electron chi connectivity index (χ2n) is 5.53. The highest BCUT2D eigenvalue weighted by Crippen LogP contribution is 2.26. The number of amides is 1. The average Bonchev–Trinajstić information content (AvgIpc) is 2.83. The monoisotopic (exact) mass is 244 g/mol. The van der Waals surface area contributed by atoms with Crippen LogP contribution in [0.2, 0.25) is 0 Å². The predicted molar refractivity (Wildman–Crippen MR) is 71.4 cm³/mol. The van der Waals surface area contributed by atoms with E-state index in [2.05, 4.69) is 5.32 Å². The molecule has 0 saturated carbocycles. The number of rotatable bonds is 3. The number of nitrogens with zero attached hydrogens (tertiary/aromatic N) is 1. The molecule has 2 saturated heterocycles. The summed E-state index contributed by atoms with van der Waals surface area (Å²) in [5.41, 5.74) is 0.823. The van der Waals surface area contributed by atoms with E-state index in [4.69, 9.17) is 0 Å². The minimum atomic E-state index is 0.199. The van der Waals surface area contributed by atoms with Gasteiger partial charge in [0.1, 0.15) is 0 Å². The molecule has 0 aromatic heterocycles. The molecule has 18 heavy (non-hydrogen) atoms. The maximum Gasteiger partial charge on any atom is 0.253 e. The molecule has 96 valence electrons. The number of hydrogen-bond donors (Lipinski definition) is 1. The fourth-order valence-corrected chi connectivity index (χ4v) is 2.96. The van der Waals surface area contributed by atoms with Gasteiger partial charge in [0.15, 0.2) is 0 Å². The lowest BCUT2D eigenvalue weighted by Crippen LogP contribution is -2.43. The van der Waals surface area contributed by atoms with Crippen LogP contribution in [0.1, 0.15) is 23.2 Å². The van der Waals surface area contributed by atoms with Crippen LogP contribution < -0.4 is 5.32 Å². The minimum Gasteiger partial charge on any atom is -0.338 e. The molecule has 2 heterocycles. The summed E-state index contributed by atoms with van der Waals surface area (Å²) in [5, 5.41) is 3.31. The van der Waals surface area contributed by atoms with E-state index < -0.39 is 0 Å². The van der Waals surface area contributed by atoms with Gasteiger partial charge in [-0.3, -0.25) is 4.79 Å². The van der Waals surface area contributed by atoms with Crippen molar-refractivity contribution in [3.63, 3.8) is 0 Å². The summed E-state index contributed by atoms with van der Waals surface area (Å²) < 4.78 is 0. The number of carbonyl (C=O) groups is 1. The highest BCUT2D eigenvalue weighted by atomic mass is 16.2. The van der Waals surface area contributed by atoms with Crippen molar-refractivity contribution in [1.29, 1.82) is 0 Å². The van der Waals surface area contributed by atoms with Crippen LogP contribution in [0.5, 0.6) is 0 Å². The predicted octanol–water partition coefficient (Wildman–Crippen LogP) is 1.76. The normalized spacial score (nSPS) is 24.0. The Balaban J connectivity index is 1.56. The first-order valence-electron chi connectivity index (χ1n) is 6.88. The van der Waals surface area contributed by atoms with Crippen LogP contribution >= 0.6 is 0 Å². The lowest BCUT2D eigenvalue weighted by atomic mass is 9.90. The molecule has 0 radical (unpaired) electrons. The molecule has 1 aromatic rings. The van der Waals surface area contributed by atoms with E-state index in [0.717, 1.165) is 24.6 Å². The molecule has 2 aliphatic heterocycles. The van der Waals surface area contributed by atoms with Crippen LogP contribution in [0.3, 0.4) is 0 Å². The molecule has 0 spiro atoms. The zero-order valence-electron chi connectivity index (χ0n) is 10.6. The number of carbonyl (C=O) groups excluding carboxylic acids is 1. The van der Waals surface area contributed by atoms with Crippen molar-refractivity contribution in [2.24, 2.45) is 11.8 Å². The molecular weight excluding hydrogens is 224 g/mol. The van der Waals surface area contributed by atoms with Gasteiger partial charge in [-0.1, -0.05) is 18.2 Å². The minimum absolute atomic E-state index is 0.199. The molecule has 3 rings (SSSR count). The molecule has 1 amide bonds. The maximum absolute atomic E-state index is 12.3. The number of benzene rings is 1. The molecule has 2 aliphatic rings. The summed E-state index contributed by atoms with van der Waals surface area (Å²) in [5.74, 6) is 1.76. The summed E-state index contributed by atoms with van der Waals surface area (Å²) in [6.45, 7) is 4.22. The Morgan fingerprint density at radius 3 is 2.67 bits per heavy atom. The molecular formula is C15H20N2O. The molecule has 0 aliphatic carbocycles. The second kappa shape index (κ2) is 5.11. The topological polar surface area (TPSA) is 32.3 Å². The Bertz CT molecular complexity index is 414. The molecule has 3 heteroatoms. The fraction of sp³-hybridized carbons (Fsp3) is 0.533. The SMILES string of the molecule is O=C(c1ccccc1)N1CC[C@H](CC2CNC2)C1. The van der Waals surface area contributed by atoms with Gasteiger partial charge in [-0.15, -0.1) is 0 Å². The zero-order chi connectivity index (χ0) is 12.4. The highest BCUT2D eigenvalue weighted by Gasteiger charge is 2.30. The second-order valence-corrected chi connectivity index (χ2v) is 5.53. The van der Waals surface area contributed by atoms with E-state index in [1.165, 1.54) is 25.9 Å². The first-order valence-corrected chi connectivity index (χ1v) is 6.88. The summed E-state index contributed by atoms with van der Waals surface area (Å²) in [4.78, 5) is 14.3. The lowest BCUT2D eigenvalue weighted by molar-refractivity contribution is 0.0784. The summed E-state index contributed by atoms with van der Waals surface area (Å²) in [6.07, 6.45) is 2.46. The van der Waals surface area contributed by atoms with Gasteiger partial charge in [-0.2, -0.15) is 0 Å². The third-order valence-corrected chi connectivity index (χ3v) is 4.13. The average molecular weight is 244 g/mol. The molecule has 1 aromatic carbocycles. The van der Waals surface area contributed by atoms with E-state index in [-0.39, 0.29) is 5.91 Å². The fourth-order valence-electron chi connectivity index (χ4n) is 2.96. The van der Waals surface area contributed by atoms with Crippen LogP contribution in [0.4, 0.5) is 0 Å². The maximum atomic E-state index is 12.3. The molecule has 1 atom stereocenters. The van der Waals surface area contributed by atoms with E-state index in [9.17, 15) is 4.79 Å². The summed E-state index contributed by atoms with van der Waals surface area (Å²) >= 11 is 0. The van der Waals surface area contributed by atoms with E-state index in [1.807, 2.05) is 35.2 Å². The number of nitrogens with one attached hydrogen (secondary N) is 1. The number of likely N-dealkylation sites (tertiary alicyclic amines) is 1. The van der Waals surface area contributed by atoms with Crippen molar-refractivity contribution in [3.05, 3.63) is 35.9 Å². The molecule has 1 N–H and O–H groups in total. The van der Waals surface area contributed by atoms with Crippen molar-refractivity contribution >= 4 is 5.91 Å². The molecule has 3 nitrogen and oxygen atoms in total. The molecule has 0 unspecified atom stereocenters. The molecule has 0 bridgehead atoms. The Morgan fingerprint density at radius 2 is 2.00 bits per heavy atom. The summed E-state index contributed by atoms with van der Waals surface area (Å²) in [6, 6.07) is 9.63. The van der Waals surface area contributed by atoms with Gasteiger partial charge in [0.25, 0.3) is 5.91 Å². The van der Waals surface area contributed by atoms with Gasteiger partial charge in [-0.05, 0) is 49.9 Å². The van der Waals surface area contributed by atoms with Crippen molar-refractivity contribution in [3.8, 4) is 0 Å². The third-order valence-electron chi connectivity index (χ3n) is 4.13. The largest absolute Gasteiger partial charge is 0.338 e. The van der Waals surface area contributed by atoms with Gasteiger partial charge in [-0.25, -0.2) is 0 Å². The first kappa shape index (κ1) is 11.7. The third kappa shape index (κ3) is 2.41. The Labute approximate surface area is 108 Å². The van der Waals surface area contributed by atoms with E-state index in [1.54, 1.807) is 0 Å². The smallest absolute Gasteiger partial charge is 0.253 e. The Morgan fingerprint density at radius 1 is 1.22 bits per heavy atom. The van der Waals surface area contributed by atoms with Crippen LogP contribution in [0.15, 0.2) is 30.3 Å². The standard InChI is InChI=1S/C15H20N2O/c18-15(14-4-2-1-3-5-14)17-7-6-12(11-17)8-13-9-16-10-13/h1-5,12-13,16H,6-11H2/t12-/m1/s1. The Hall–Kier alpha value is -1.35. The van der Waals surface area contributed by atoms with Crippen LogP contribution in [0, 0.1) is 11.8 Å². The van der Waals surface area contributed by atoms with Gasteiger partial charge in [0, 0.05) is 18.7 Å². The van der Waals surface area contributed by atoms with Crippen molar-refractivity contribution in [2.45, 2.75) is 12.8 Å². The Kier molecular flexibility index (Phi) is 3.33. The van der Waals surface area contributed by atoms with Crippen LogP contribution in [0.25, 0.3) is 0 Å². The van der Waals surface area contributed by atoms with Gasteiger partial charge >= 0.3 is 0 Å². The van der Waals surface area contributed by atoms with Crippen molar-refractivity contribution < 1.29 is 4.79 Å². The van der Waals surface area contributed by atoms with Gasteiger partial charge < -0.3 is 10.2 Å². The lowest BCUT2D eigenvalue weighted by Gasteiger charge is -2.29. The van der Waals surface area contributed by atoms with E-state index in [0.29, 0.717) is 5.92 Å². The quantitative estimate of drug-likeness (QED) is 0.878. The summed E-state index contributed by atoms with van der Waals surface area (Å²) in [7, 11) is 0. The molecule has 2 fully saturated rings. The highest BCUT2D eigenvalue weighted by molar-refractivity contribution is 5.94. The van der Waals surface area contributed by atoms with E-state index >= 15 is 0 Å². The van der Waals surface area contributed by atoms with Gasteiger partial charge in [0.2, 0.25) is 0 Å². The van der Waals surface area contributed by atoms with Crippen molar-refractivity contribution in [1.82, 2.24) is 10.2 Å². The number of hydrogen-bond acceptors (Lipinski definition) is 2. The van der Waals surface area contributed by atoms with Crippen LogP contribution in [-0.2, 0) is 0 Å². The first-order chi connectivity index (χ1) is 8.83.